The van der Waals surface area contributed by atoms with Gasteiger partial charge in [0.1, 0.15) is 0 Å². The Kier molecular flexibility index (Phi) is 5.81. The second-order valence-electron chi connectivity index (χ2n) is 10.6. The van der Waals surface area contributed by atoms with Crippen LogP contribution in [0.2, 0.25) is 11.5 Å². The van der Waals surface area contributed by atoms with E-state index in [1.54, 1.807) is 12.3 Å². The molecule has 184 valence electrons. The van der Waals surface area contributed by atoms with E-state index in [2.05, 4.69) is 91.2 Å². The van der Waals surface area contributed by atoms with Crippen molar-refractivity contribution in [2.45, 2.75) is 18.4 Å². The monoisotopic (exact) mass is 557 g/mol. The van der Waals surface area contributed by atoms with E-state index >= 15 is 0 Å². The van der Waals surface area contributed by atoms with Crippen LogP contribution in [0.3, 0.4) is 0 Å². The fourth-order valence-electron chi connectivity index (χ4n) is 6.22. The van der Waals surface area contributed by atoms with Gasteiger partial charge in [0, 0.05) is 0 Å². The molecule has 0 fully saturated rings. The summed E-state index contributed by atoms with van der Waals surface area (Å²) in [7, 11) is 1.91. The standard InChI is InChI=1S/C34H28FGeN2/c1-22-13-16-28-29-17-14-26(20-37)32(25-12-8-11-24(19-25)23-9-6-5-7-10-23)34(29)36(2,3)33(28)31(22)30-18-15-27(35)21-38(30)4/h5-19,21H,1-4H3/q+1. The van der Waals surface area contributed by atoms with Crippen LogP contribution in [0.25, 0.3) is 44.6 Å². The predicted octanol–water partition coefficient (Wildman–Crippen LogP) is 6.63. The molecule has 5 aromatic rings. The van der Waals surface area contributed by atoms with Gasteiger partial charge < -0.3 is 0 Å². The molecule has 0 bridgehead atoms. The number of aromatic nitrogens is 1. The molecule has 0 N–H and O–H groups in total. The van der Waals surface area contributed by atoms with Crippen molar-refractivity contribution in [3.05, 3.63) is 114 Å². The normalized spacial score (nSPS) is 13.1. The zero-order chi connectivity index (χ0) is 26.6. The van der Waals surface area contributed by atoms with Crippen LogP contribution in [-0.4, -0.2) is 13.3 Å². The van der Waals surface area contributed by atoms with Gasteiger partial charge in [-0.1, -0.05) is 0 Å². The topological polar surface area (TPSA) is 27.7 Å². The van der Waals surface area contributed by atoms with Crippen molar-refractivity contribution in [3.63, 3.8) is 0 Å². The number of hydrogen-bond acceptors (Lipinski definition) is 1. The fourth-order valence-corrected chi connectivity index (χ4v) is 14.4. The van der Waals surface area contributed by atoms with Gasteiger partial charge in [0.25, 0.3) is 0 Å². The van der Waals surface area contributed by atoms with Crippen LogP contribution in [-0.2, 0) is 7.05 Å². The number of halogens is 1. The average molecular weight is 556 g/mol. The van der Waals surface area contributed by atoms with Crippen molar-refractivity contribution < 1.29 is 8.96 Å². The number of fused-ring (bicyclic) bond motifs is 3. The second-order valence-corrected chi connectivity index (χ2v) is 19.5. The number of benzene rings is 4. The summed E-state index contributed by atoms with van der Waals surface area (Å²) >= 11 is -2.98. The van der Waals surface area contributed by atoms with E-state index in [-0.39, 0.29) is 5.82 Å². The Labute approximate surface area is 226 Å². The third-order valence-electron chi connectivity index (χ3n) is 7.89. The first-order valence-electron chi connectivity index (χ1n) is 12.8. The van der Waals surface area contributed by atoms with E-state index in [9.17, 15) is 9.65 Å². The Morgan fingerprint density at radius 1 is 0.737 bits per heavy atom. The average Bonchev–Trinajstić information content (AvgIpc) is 3.16. The third-order valence-corrected chi connectivity index (χ3v) is 15.3. The molecule has 0 saturated carbocycles. The van der Waals surface area contributed by atoms with Crippen molar-refractivity contribution in [1.82, 2.24) is 0 Å². The molecule has 4 heteroatoms. The van der Waals surface area contributed by atoms with Crippen molar-refractivity contribution in [2.24, 2.45) is 7.05 Å². The summed E-state index contributed by atoms with van der Waals surface area (Å²) < 4.78 is 18.7. The Morgan fingerprint density at radius 2 is 1.39 bits per heavy atom. The molecular formula is C34H28FGeN2+. The Bertz CT molecular complexity index is 1780. The first-order valence-corrected chi connectivity index (χ1v) is 19.1. The minimum absolute atomic E-state index is 0.246. The molecule has 2 nitrogen and oxygen atoms in total. The van der Waals surface area contributed by atoms with Gasteiger partial charge in [-0.05, 0) is 0 Å². The quantitative estimate of drug-likeness (QED) is 0.181. The molecule has 1 aliphatic heterocycles. The molecule has 2 heterocycles. The first-order chi connectivity index (χ1) is 18.3. The Morgan fingerprint density at radius 3 is 2.11 bits per heavy atom. The zero-order valence-corrected chi connectivity index (χ0v) is 24.1. The Hall–Kier alpha value is -4.01. The molecule has 1 aliphatic rings. The first kappa shape index (κ1) is 24.3. The molecule has 0 aliphatic carbocycles. The number of rotatable bonds is 3. The van der Waals surface area contributed by atoms with E-state index in [0.29, 0.717) is 5.56 Å². The maximum absolute atomic E-state index is 14.0. The fraction of sp³-hybridized carbons (Fsp3) is 0.118. The van der Waals surface area contributed by atoms with Gasteiger partial charge in [-0.25, -0.2) is 0 Å². The summed E-state index contributed by atoms with van der Waals surface area (Å²) in [5.74, 6) is 4.62. The number of nitriles is 1. The molecule has 0 radical (unpaired) electrons. The molecule has 6 rings (SSSR count). The molecule has 0 spiro atoms. The molecule has 0 amide bonds. The van der Waals surface area contributed by atoms with Crippen LogP contribution in [0.4, 0.5) is 4.39 Å². The summed E-state index contributed by atoms with van der Waals surface area (Å²) in [6.45, 7) is 2.14. The van der Waals surface area contributed by atoms with E-state index in [1.807, 2.05) is 29.8 Å². The minimum atomic E-state index is -2.98. The van der Waals surface area contributed by atoms with Crippen LogP contribution in [0.15, 0.2) is 97.2 Å². The van der Waals surface area contributed by atoms with Gasteiger partial charge in [-0.3, -0.25) is 0 Å². The third kappa shape index (κ3) is 3.71. The van der Waals surface area contributed by atoms with Gasteiger partial charge in [0.05, 0.1) is 0 Å². The molecule has 1 aromatic heterocycles. The molecule has 0 unspecified atom stereocenters. The molecule has 38 heavy (non-hydrogen) atoms. The number of nitrogens with zero attached hydrogens (tertiary/aromatic N) is 2. The van der Waals surface area contributed by atoms with E-state index in [0.717, 1.165) is 27.9 Å². The van der Waals surface area contributed by atoms with Crippen LogP contribution in [0.1, 0.15) is 11.1 Å². The van der Waals surface area contributed by atoms with Gasteiger partial charge in [0.2, 0.25) is 0 Å². The van der Waals surface area contributed by atoms with Crippen LogP contribution in [0, 0.1) is 24.1 Å². The molecule has 0 atom stereocenters. The second kappa shape index (κ2) is 9.08. The number of hydrogen-bond donors (Lipinski definition) is 0. The van der Waals surface area contributed by atoms with Gasteiger partial charge in [-0.15, -0.1) is 0 Å². The maximum atomic E-state index is 14.0. The van der Waals surface area contributed by atoms with Crippen molar-refractivity contribution >= 4 is 22.1 Å². The number of pyridine rings is 1. The predicted molar refractivity (Wildman–Crippen MR) is 156 cm³/mol. The van der Waals surface area contributed by atoms with Crippen molar-refractivity contribution in [3.8, 4) is 50.7 Å². The summed E-state index contributed by atoms with van der Waals surface area (Å²) in [6.07, 6.45) is 1.55. The SMILES string of the molecule is Cc1ccc2[c](c1-c1ccc(F)c[n+]1C)[Ge]([CH3])([CH3])[c]1c-2ccc(C#N)c1-c1cccc(-c2ccccc2)c1. The molecule has 4 aromatic carbocycles. The summed E-state index contributed by atoms with van der Waals surface area (Å²) in [4.78, 5) is 0. The molecule has 0 saturated heterocycles. The summed E-state index contributed by atoms with van der Waals surface area (Å²) in [5.41, 5.74) is 11.0. The van der Waals surface area contributed by atoms with Gasteiger partial charge >= 0.3 is 227 Å². The Balaban J connectivity index is 1.64. The number of aryl methyl sites for hydroxylation is 2. The zero-order valence-electron chi connectivity index (χ0n) is 22.0. The van der Waals surface area contributed by atoms with Crippen LogP contribution < -0.4 is 13.4 Å². The summed E-state index contributed by atoms with van der Waals surface area (Å²) in [6, 6.07) is 33.4. The van der Waals surface area contributed by atoms with Crippen LogP contribution in [0.5, 0.6) is 0 Å². The van der Waals surface area contributed by atoms with Crippen molar-refractivity contribution in [2.75, 3.05) is 0 Å². The molecular weight excluding hydrogens is 528 g/mol. The van der Waals surface area contributed by atoms with Crippen LogP contribution >= 0.6 is 0 Å². The van der Waals surface area contributed by atoms with E-state index in [4.69, 9.17) is 0 Å². The van der Waals surface area contributed by atoms with E-state index in [1.165, 1.54) is 31.0 Å². The van der Waals surface area contributed by atoms with E-state index < -0.39 is 13.3 Å². The van der Waals surface area contributed by atoms with Gasteiger partial charge in [-0.2, -0.15) is 0 Å². The van der Waals surface area contributed by atoms with Crippen molar-refractivity contribution in [1.29, 1.82) is 5.26 Å². The summed E-state index contributed by atoms with van der Waals surface area (Å²) in [5, 5.41) is 10.3. The van der Waals surface area contributed by atoms with Gasteiger partial charge in [0.15, 0.2) is 0 Å².